The Hall–Kier alpha value is -2.67. The molecule has 21 heavy (non-hydrogen) atoms. The highest BCUT2D eigenvalue weighted by molar-refractivity contribution is 6.33. The Morgan fingerprint density at radius 3 is 2.71 bits per heavy atom. The van der Waals surface area contributed by atoms with E-state index < -0.39 is 11.7 Å². The van der Waals surface area contributed by atoms with Crippen LogP contribution in [0.2, 0.25) is 5.02 Å². The Morgan fingerprint density at radius 2 is 2.14 bits per heavy atom. The predicted octanol–water partition coefficient (Wildman–Crippen LogP) is 2.22. The molecule has 4 N–H and O–H groups in total. The van der Waals surface area contributed by atoms with Crippen LogP contribution in [0.15, 0.2) is 41.7 Å². The van der Waals surface area contributed by atoms with E-state index in [1.54, 1.807) is 0 Å². The Labute approximate surface area is 124 Å². The zero-order valence-electron chi connectivity index (χ0n) is 10.5. The fourth-order valence-electron chi connectivity index (χ4n) is 1.51. The number of oxime groups is 1. The summed E-state index contributed by atoms with van der Waals surface area (Å²) in [6.45, 7) is 0. The quantitative estimate of drug-likeness (QED) is 0.350. The van der Waals surface area contributed by atoms with Crippen molar-refractivity contribution in [3.8, 4) is 0 Å². The second-order valence-corrected chi connectivity index (χ2v) is 4.40. The molecule has 0 saturated heterocycles. The highest BCUT2D eigenvalue weighted by Gasteiger charge is 2.11. The first-order valence-electron chi connectivity index (χ1n) is 5.71. The number of aromatic nitrogens is 1. The number of nitrogens with two attached hydrogens (primary N) is 1. The Morgan fingerprint density at radius 1 is 1.38 bits per heavy atom. The number of amides is 1. The molecule has 0 fully saturated rings. The molecule has 108 valence electrons. The van der Waals surface area contributed by atoms with Gasteiger partial charge in [0.05, 0.1) is 10.7 Å². The molecule has 1 aromatic heterocycles. The molecular formula is C13H10ClFN4O2. The van der Waals surface area contributed by atoms with Crippen molar-refractivity contribution in [3.63, 3.8) is 0 Å². The maximum atomic E-state index is 12.9. The minimum Gasteiger partial charge on any atom is -0.409 e. The molecular weight excluding hydrogens is 299 g/mol. The number of carbonyl (C=O) groups is 1. The van der Waals surface area contributed by atoms with Gasteiger partial charge in [0.15, 0.2) is 5.84 Å². The normalized spacial score (nSPS) is 11.2. The molecule has 8 heteroatoms. The third-order valence-corrected chi connectivity index (χ3v) is 2.89. The Bertz CT molecular complexity index is 704. The van der Waals surface area contributed by atoms with Gasteiger partial charge in [0.2, 0.25) is 0 Å². The van der Waals surface area contributed by atoms with Crippen LogP contribution >= 0.6 is 11.6 Å². The first kappa shape index (κ1) is 14.7. The number of anilines is 1. The molecule has 0 aliphatic heterocycles. The van der Waals surface area contributed by atoms with Crippen molar-refractivity contribution >= 4 is 29.0 Å². The molecule has 0 aliphatic rings. The smallest absolute Gasteiger partial charge is 0.274 e. The van der Waals surface area contributed by atoms with Crippen LogP contribution in [0.3, 0.4) is 0 Å². The van der Waals surface area contributed by atoms with Crippen LogP contribution < -0.4 is 11.1 Å². The fourth-order valence-corrected chi connectivity index (χ4v) is 1.73. The van der Waals surface area contributed by atoms with Crippen LogP contribution in [0, 0.1) is 5.82 Å². The number of carbonyl (C=O) groups excluding carboxylic acids is 1. The molecule has 2 aromatic rings. The molecule has 0 aliphatic carbocycles. The summed E-state index contributed by atoms with van der Waals surface area (Å²) in [5.74, 6) is -1.13. The van der Waals surface area contributed by atoms with Gasteiger partial charge >= 0.3 is 0 Å². The average Bonchev–Trinajstić information content (AvgIpc) is 2.49. The number of amidine groups is 1. The number of pyridine rings is 1. The summed E-state index contributed by atoms with van der Waals surface area (Å²) in [7, 11) is 0. The first-order valence-corrected chi connectivity index (χ1v) is 6.09. The highest BCUT2D eigenvalue weighted by atomic mass is 35.5. The standard InChI is InChI=1S/C13H10ClFN4O2/c14-9-5-8(15)2-4-10(9)18-13(20)11-3-1-7(6-17-11)12(16)19-21/h1-6,21H,(H2,16,19)(H,18,20). The first-order chi connectivity index (χ1) is 10.0. The third kappa shape index (κ3) is 3.46. The van der Waals surface area contributed by atoms with Crippen LogP contribution in [0.4, 0.5) is 10.1 Å². The molecule has 0 unspecified atom stereocenters. The minimum atomic E-state index is -0.519. The third-order valence-electron chi connectivity index (χ3n) is 2.58. The van der Waals surface area contributed by atoms with Gasteiger partial charge in [0.25, 0.3) is 5.91 Å². The van der Waals surface area contributed by atoms with E-state index in [0.29, 0.717) is 5.56 Å². The fraction of sp³-hybridized carbons (Fsp3) is 0. The number of rotatable bonds is 3. The molecule has 0 spiro atoms. The van der Waals surface area contributed by atoms with E-state index in [2.05, 4.69) is 15.5 Å². The van der Waals surface area contributed by atoms with Gasteiger partial charge in [-0.25, -0.2) is 4.39 Å². The van der Waals surface area contributed by atoms with E-state index in [4.69, 9.17) is 22.5 Å². The summed E-state index contributed by atoms with van der Waals surface area (Å²) in [5, 5.41) is 13.9. The zero-order valence-corrected chi connectivity index (χ0v) is 11.3. The lowest BCUT2D eigenvalue weighted by Gasteiger charge is -2.07. The molecule has 1 heterocycles. The van der Waals surface area contributed by atoms with Crippen molar-refractivity contribution in [3.05, 3.63) is 58.6 Å². The van der Waals surface area contributed by atoms with E-state index in [0.717, 1.165) is 6.07 Å². The molecule has 0 radical (unpaired) electrons. The zero-order chi connectivity index (χ0) is 15.4. The average molecular weight is 309 g/mol. The summed E-state index contributed by atoms with van der Waals surface area (Å²) < 4.78 is 12.9. The summed E-state index contributed by atoms with van der Waals surface area (Å²) in [6, 6.07) is 6.49. The number of benzene rings is 1. The van der Waals surface area contributed by atoms with Crippen LogP contribution in [0.1, 0.15) is 16.1 Å². The molecule has 1 amide bonds. The van der Waals surface area contributed by atoms with Gasteiger partial charge in [0.1, 0.15) is 11.5 Å². The van der Waals surface area contributed by atoms with Gasteiger partial charge < -0.3 is 16.3 Å². The van der Waals surface area contributed by atoms with Crippen molar-refractivity contribution in [1.29, 1.82) is 0 Å². The Kier molecular flexibility index (Phi) is 4.34. The van der Waals surface area contributed by atoms with E-state index in [1.807, 2.05) is 0 Å². The van der Waals surface area contributed by atoms with Gasteiger partial charge in [-0.05, 0) is 30.3 Å². The predicted molar refractivity (Wildman–Crippen MR) is 76.1 cm³/mol. The number of nitrogens with zero attached hydrogens (tertiary/aromatic N) is 2. The van der Waals surface area contributed by atoms with Gasteiger partial charge in [-0.3, -0.25) is 9.78 Å². The van der Waals surface area contributed by atoms with E-state index in [1.165, 1.54) is 30.5 Å². The van der Waals surface area contributed by atoms with Crippen LogP contribution in [0.25, 0.3) is 0 Å². The SMILES string of the molecule is NC(=NO)c1ccc(C(=O)Nc2ccc(F)cc2Cl)nc1. The summed E-state index contributed by atoms with van der Waals surface area (Å²) in [4.78, 5) is 15.9. The summed E-state index contributed by atoms with van der Waals surface area (Å²) in [5.41, 5.74) is 6.12. The Balaban J connectivity index is 2.17. The molecule has 0 saturated carbocycles. The topological polar surface area (TPSA) is 101 Å². The molecule has 2 rings (SSSR count). The second kappa shape index (κ2) is 6.19. The van der Waals surface area contributed by atoms with Crippen molar-refractivity contribution in [2.24, 2.45) is 10.9 Å². The number of hydrogen-bond acceptors (Lipinski definition) is 4. The van der Waals surface area contributed by atoms with Crippen molar-refractivity contribution in [2.75, 3.05) is 5.32 Å². The summed E-state index contributed by atoms with van der Waals surface area (Å²) >= 11 is 5.81. The van der Waals surface area contributed by atoms with E-state index in [-0.39, 0.29) is 22.2 Å². The molecule has 1 aromatic carbocycles. The highest BCUT2D eigenvalue weighted by Crippen LogP contribution is 2.22. The number of nitrogens with one attached hydrogen (secondary N) is 1. The van der Waals surface area contributed by atoms with Crippen molar-refractivity contribution < 1.29 is 14.4 Å². The lowest BCUT2D eigenvalue weighted by Crippen LogP contribution is -2.16. The summed E-state index contributed by atoms with van der Waals surface area (Å²) in [6.07, 6.45) is 1.29. The van der Waals surface area contributed by atoms with Crippen molar-refractivity contribution in [2.45, 2.75) is 0 Å². The maximum Gasteiger partial charge on any atom is 0.274 e. The monoisotopic (exact) mass is 308 g/mol. The molecule has 6 nitrogen and oxygen atoms in total. The largest absolute Gasteiger partial charge is 0.409 e. The van der Waals surface area contributed by atoms with Crippen LogP contribution in [0.5, 0.6) is 0 Å². The van der Waals surface area contributed by atoms with Gasteiger partial charge in [0, 0.05) is 11.8 Å². The van der Waals surface area contributed by atoms with Gasteiger partial charge in [-0.15, -0.1) is 0 Å². The van der Waals surface area contributed by atoms with E-state index in [9.17, 15) is 9.18 Å². The van der Waals surface area contributed by atoms with E-state index >= 15 is 0 Å². The van der Waals surface area contributed by atoms with Crippen LogP contribution in [-0.2, 0) is 0 Å². The number of halogens is 2. The van der Waals surface area contributed by atoms with Gasteiger partial charge in [-0.2, -0.15) is 0 Å². The van der Waals surface area contributed by atoms with Crippen molar-refractivity contribution in [1.82, 2.24) is 4.98 Å². The van der Waals surface area contributed by atoms with Crippen LogP contribution in [-0.4, -0.2) is 21.9 Å². The lowest BCUT2D eigenvalue weighted by molar-refractivity contribution is 0.102. The molecule has 0 atom stereocenters. The number of hydrogen-bond donors (Lipinski definition) is 3. The lowest BCUT2D eigenvalue weighted by atomic mass is 10.2. The second-order valence-electron chi connectivity index (χ2n) is 4.00. The minimum absolute atomic E-state index is 0.0802. The molecule has 0 bridgehead atoms. The maximum absolute atomic E-state index is 12.9. The van der Waals surface area contributed by atoms with Gasteiger partial charge in [-0.1, -0.05) is 16.8 Å².